The Morgan fingerprint density at radius 3 is 1.46 bits per heavy atom. The highest BCUT2D eigenvalue weighted by molar-refractivity contribution is 7.15. The maximum Gasteiger partial charge on any atom is 0.348 e. The van der Waals surface area contributed by atoms with Crippen LogP contribution in [-0.4, -0.2) is 49.3 Å². The largest absolute Gasteiger partial charge is 0.458 e. The van der Waals surface area contributed by atoms with Crippen LogP contribution in [0.1, 0.15) is 85.6 Å². The number of hydrogen-bond donors (Lipinski definition) is 0. The molecule has 0 aromatic carbocycles. The van der Waals surface area contributed by atoms with Crippen LogP contribution in [0.2, 0.25) is 0 Å². The van der Waals surface area contributed by atoms with Crippen LogP contribution in [0, 0.1) is 0 Å². The van der Waals surface area contributed by atoms with Gasteiger partial charge in [0.1, 0.15) is 35.2 Å². The summed E-state index contributed by atoms with van der Waals surface area (Å²) in [4.78, 5) is 49.0. The lowest BCUT2D eigenvalue weighted by atomic mass is 10.1. The number of esters is 4. The number of hydrogen-bond acceptors (Lipinski definition) is 9. The van der Waals surface area contributed by atoms with Crippen molar-refractivity contribution in [3.05, 3.63) is 46.2 Å². The molecule has 0 aliphatic rings. The summed E-state index contributed by atoms with van der Waals surface area (Å²) < 4.78 is 21.3. The number of unbranched alkanes of at least 4 members (excludes halogenated alkanes) is 2. The van der Waals surface area contributed by atoms with Gasteiger partial charge in [0.15, 0.2) is 0 Å². The monoisotopic (exact) mass is 508 g/mol. The highest BCUT2D eigenvalue weighted by Gasteiger charge is 2.22. The van der Waals surface area contributed by atoms with Gasteiger partial charge in [0.25, 0.3) is 0 Å². The summed E-state index contributed by atoms with van der Waals surface area (Å²) in [7, 11) is 0. The molecule has 0 aliphatic carbocycles. The second kappa shape index (κ2) is 15.9. The Bertz CT molecular complexity index is 830. The Morgan fingerprint density at radius 2 is 1.14 bits per heavy atom. The summed E-state index contributed by atoms with van der Waals surface area (Å²) in [6.45, 7) is 14.0. The van der Waals surface area contributed by atoms with Crippen molar-refractivity contribution in [2.45, 2.75) is 78.4 Å². The van der Waals surface area contributed by atoms with E-state index < -0.39 is 36.1 Å². The van der Waals surface area contributed by atoms with E-state index in [9.17, 15) is 19.2 Å². The highest BCUT2D eigenvalue weighted by atomic mass is 32.1. The van der Waals surface area contributed by atoms with E-state index in [0.29, 0.717) is 12.8 Å². The molecule has 1 aromatic heterocycles. The Balaban J connectivity index is 2.67. The van der Waals surface area contributed by atoms with Gasteiger partial charge in [-0.3, -0.25) is 0 Å². The molecule has 0 bridgehead atoms. The van der Waals surface area contributed by atoms with Gasteiger partial charge in [-0.2, -0.15) is 0 Å². The molecule has 0 fully saturated rings. The van der Waals surface area contributed by atoms with Crippen LogP contribution in [0.3, 0.4) is 0 Å². The van der Waals surface area contributed by atoms with Crippen LogP contribution in [0.4, 0.5) is 0 Å². The minimum Gasteiger partial charge on any atom is -0.458 e. The Kier molecular flexibility index (Phi) is 13.6. The molecule has 9 heteroatoms. The van der Waals surface area contributed by atoms with Crippen LogP contribution in [0.25, 0.3) is 0 Å². The van der Waals surface area contributed by atoms with Gasteiger partial charge in [0.2, 0.25) is 0 Å². The minimum atomic E-state index is -0.627. The van der Waals surface area contributed by atoms with Crippen molar-refractivity contribution < 1.29 is 38.1 Å². The molecule has 0 N–H and O–H groups in total. The molecule has 0 aliphatic heterocycles. The number of ether oxygens (including phenoxy) is 4. The van der Waals surface area contributed by atoms with E-state index in [2.05, 4.69) is 13.2 Å². The first kappa shape index (κ1) is 30.1. The molecule has 0 radical (unpaired) electrons. The first-order chi connectivity index (χ1) is 16.6. The summed E-state index contributed by atoms with van der Waals surface area (Å²) in [5, 5.41) is 0. The molecule has 194 valence electrons. The predicted octanol–water partition coefficient (Wildman–Crippen LogP) is 5.42. The third-order valence-electron chi connectivity index (χ3n) is 4.81. The predicted molar refractivity (Wildman–Crippen MR) is 133 cm³/mol. The maximum absolute atomic E-state index is 12.5. The lowest BCUT2D eigenvalue weighted by Gasteiger charge is -2.17. The third-order valence-corrected chi connectivity index (χ3v) is 5.86. The first-order valence-corrected chi connectivity index (χ1v) is 12.6. The fourth-order valence-electron chi connectivity index (χ4n) is 2.76. The zero-order chi connectivity index (χ0) is 26.4. The lowest BCUT2D eigenvalue weighted by molar-refractivity contribution is -0.147. The highest BCUT2D eigenvalue weighted by Crippen LogP contribution is 2.20. The summed E-state index contributed by atoms with van der Waals surface area (Å²) >= 11 is 0.933. The third kappa shape index (κ3) is 11.4. The molecule has 1 rings (SSSR count). The number of carbonyl (C=O) groups excluding carboxylic acids is 4. The zero-order valence-corrected chi connectivity index (χ0v) is 21.9. The van der Waals surface area contributed by atoms with Gasteiger partial charge < -0.3 is 18.9 Å². The Labute approximate surface area is 211 Å². The summed E-state index contributed by atoms with van der Waals surface area (Å²) in [5.41, 5.74) is 0.538. The number of rotatable bonds is 16. The average molecular weight is 509 g/mol. The van der Waals surface area contributed by atoms with E-state index in [1.807, 2.05) is 13.8 Å². The van der Waals surface area contributed by atoms with Crippen molar-refractivity contribution in [2.24, 2.45) is 0 Å². The Morgan fingerprint density at radius 1 is 0.771 bits per heavy atom. The normalized spacial score (nSPS) is 12.2. The second-order valence-electron chi connectivity index (χ2n) is 8.26. The summed E-state index contributed by atoms with van der Waals surface area (Å²) in [6, 6.07) is 2.94. The fraction of sp³-hybridized carbons (Fsp3) is 0.538. The molecular weight excluding hydrogens is 472 g/mol. The van der Waals surface area contributed by atoms with Gasteiger partial charge in [-0.15, -0.1) is 11.3 Å². The van der Waals surface area contributed by atoms with Crippen LogP contribution >= 0.6 is 11.3 Å². The average Bonchev–Trinajstić information content (AvgIpc) is 3.32. The van der Waals surface area contributed by atoms with Gasteiger partial charge in [-0.25, -0.2) is 19.2 Å². The molecular formula is C26H36O8S. The quantitative estimate of drug-likeness (QED) is 0.166. The number of carbonyl (C=O) groups is 4. The van der Waals surface area contributed by atoms with Crippen LogP contribution in [-0.2, 0) is 28.5 Å². The molecule has 35 heavy (non-hydrogen) atoms. The van der Waals surface area contributed by atoms with Gasteiger partial charge in [-0.05, 0) is 51.7 Å². The van der Waals surface area contributed by atoms with Crippen LogP contribution < -0.4 is 0 Å². The van der Waals surface area contributed by atoms with E-state index in [0.717, 1.165) is 37.0 Å². The standard InChI is InChI=1S/C26H36O8S/c1-7-9-11-19(33-23(27)17(3)4)15-31-25(29)21-13-14-22(35-21)26(30)32-16-20(12-10-8-2)34-24(28)18(5)6/h13-14,19-20H,3,5,7-12,15-16H2,1-2,4,6H3. The summed E-state index contributed by atoms with van der Waals surface area (Å²) in [5.74, 6) is -2.32. The van der Waals surface area contributed by atoms with E-state index in [4.69, 9.17) is 18.9 Å². The maximum atomic E-state index is 12.5. The van der Waals surface area contributed by atoms with Gasteiger partial charge >= 0.3 is 23.9 Å². The lowest BCUT2D eigenvalue weighted by Crippen LogP contribution is -2.25. The SMILES string of the molecule is C=C(C)C(=O)OC(CCCC)COC(=O)c1ccc(C(=O)OCC(CCCC)OC(=O)C(=C)C)s1. The molecule has 0 amide bonds. The van der Waals surface area contributed by atoms with Crippen molar-refractivity contribution in [3.8, 4) is 0 Å². The summed E-state index contributed by atoms with van der Waals surface area (Å²) in [6.07, 6.45) is 3.38. The molecule has 2 unspecified atom stereocenters. The van der Waals surface area contributed by atoms with Crippen molar-refractivity contribution in [2.75, 3.05) is 13.2 Å². The van der Waals surface area contributed by atoms with Crippen molar-refractivity contribution >= 4 is 35.2 Å². The fourth-order valence-corrected chi connectivity index (χ4v) is 3.55. The van der Waals surface area contributed by atoms with Crippen molar-refractivity contribution in [3.63, 3.8) is 0 Å². The van der Waals surface area contributed by atoms with Gasteiger partial charge in [-0.1, -0.05) is 39.8 Å². The van der Waals surface area contributed by atoms with Crippen molar-refractivity contribution in [1.82, 2.24) is 0 Å². The van der Waals surface area contributed by atoms with E-state index in [1.165, 1.54) is 12.1 Å². The topological polar surface area (TPSA) is 105 Å². The molecule has 8 nitrogen and oxygen atoms in total. The molecule has 1 heterocycles. The second-order valence-corrected chi connectivity index (χ2v) is 9.34. The molecule has 0 saturated carbocycles. The zero-order valence-electron chi connectivity index (χ0n) is 21.1. The van der Waals surface area contributed by atoms with Crippen LogP contribution in [0.15, 0.2) is 36.4 Å². The van der Waals surface area contributed by atoms with Gasteiger partial charge in [0, 0.05) is 11.1 Å². The first-order valence-electron chi connectivity index (χ1n) is 11.8. The number of thiophene rings is 1. The van der Waals surface area contributed by atoms with E-state index in [1.54, 1.807) is 13.8 Å². The van der Waals surface area contributed by atoms with Crippen LogP contribution in [0.5, 0.6) is 0 Å². The molecule has 1 aromatic rings. The Hall–Kier alpha value is -2.94. The smallest absolute Gasteiger partial charge is 0.348 e. The molecule has 0 spiro atoms. The van der Waals surface area contributed by atoms with E-state index >= 15 is 0 Å². The van der Waals surface area contributed by atoms with Gasteiger partial charge in [0.05, 0.1) is 0 Å². The molecule has 2 atom stereocenters. The minimum absolute atomic E-state index is 0.0945. The van der Waals surface area contributed by atoms with Crippen molar-refractivity contribution in [1.29, 1.82) is 0 Å². The molecule has 0 saturated heterocycles. The van der Waals surface area contributed by atoms with E-state index in [-0.39, 0.29) is 34.1 Å².